The third kappa shape index (κ3) is 5.73. The zero-order valence-electron chi connectivity index (χ0n) is 12.0. The van der Waals surface area contributed by atoms with Crippen LogP contribution in [0.3, 0.4) is 0 Å². The number of nitrogens with zero attached hydrogens (tertiary/aromatic N) is 3. The van der Waals surface area contributed by atoms with Crippen LogP contribution in [0.4, 0.5) is 10.1 Å². The Balaban J connectivity index is 2.54. The third-order valence-corrected chi connectivity index (χ3v) is 3.98. The molecule has 136 valence electrons. The monoisotopic (exact) mass is 484 g/mol. The lowest BCUT2D eigenvalue weighted by molar-refractivity contribution is 0.629. The second-order valence-corrected chi connectivity index (χ2v) is 9.55. The van der Waals surface area contributed by atoms with Crippen LogP contribution in [0.5, 0.6) is 0 Å². The van der Waals surface area contributed by atoms with E-state index in [1.807, 2.05) is 0 Å². The van der Waals surface area contributed by atoms with Gasteiger partial charge in [-0.1, -0.05) is 69.6 Å². The highest BCUT2D eigenvalue weighted by Crippen LogP contribution is 2.41. The highest BCUT2D eigenvalue weighted by molar-refractivity contribution is 6.67. The van der Waals surface area contributed by atoms with Crippen molar-refractivity contribution in [1.29, 1.82) is 0 Å². The smallest absolute Gasteiger partial charge is 0.250 e. The number of rotatable bonds is 4. The minimum absolute atomic E-state index is 0.0184. The standard InChI is InChI=1S/C13H8Cl7FN4/c14-3-4-22-6-1-2-7(8(21)5-6)9-23-10(12(15,16)17)25-11(24-9)13(18,19)20/h1-2,5,22H,3-4H2. The Morgan fingerprint density at radius 1 is 0.920 bits per heavy atom. The minimum atomic E-state index is -2.01. The van der Waals surface area contributed by atoms with E-state index in [1.165, 1.54) is 12.1 Å². The Kier molecular flexibility index (Phi) is 7.10. The molecule has 0 aliphatic carbocycles. The molecule has 0 radical (unpaired) electrons. The van der Waals surface area contributed by atoms with Crippen molar-refractivity contribution in [2.24, 2.45) is 0 Å². The van der Waals surface area contributed by atoms with Gasteiger partial charge in [0.1, 0.15) is 5.82 Å². The molecule has 1 aromatic heterocycles. The van der Waals surface area contributed by atoms with Crippen molar-refractivity contribution in [1.82, 2.24) is 15.0 Å². The molecular formula is C13H8Cl7FN4. The number of nitrogens with one attached hydrogen (secondary N) is 1. The Hall–Kier alpha value is -0.0100. The first-order valence-corrected chi connectivity index (χ1v) is 9.33. The molecule has 4 nitrogen and oxygen atoms in total. The number of benzene rings is 1. The van der Waals surface area contributed by atoms with E-state index in [2.05, 4.69) is 20.3 Å². The van der Waals surface area contributed by atoms with Gasteiger partial charge in [-0.05, 0) is 18.2 Å². The average Bonchev–Trinajstić information content (AvgIpc) is 2.51. The number of hydrogen-bond donors (Lipinski definition) is 1. The summed E-state index contributed by atoms with van der Waals surface area (Å²) < 4.78 is 10.4. The Morgan fingerprint density at radius 3 is 1.92 bits per heavy atom. The molecule has 12 heteroatoms. The SMILES string of the molecule is Fc1cc(NCCCl)ccc1-c1nc(C(Cl)(Cl)Cl)nc(C(Cl)(Cl)Cl)n1. The van der Waals surface area contributed by atoms with Gasteiger partial charge in [0.25, 0.3) is 0 Å². The van der Waals surface area contributed by atoms with E-state index in [0.717, 1.165) is 0 Å². The predicted octanol–water partition coefficient (Wildman–Crippen LogP) is 5.98. The van der Waals surface area contributed by atoms with E-state index >= 15 is 0 Å². The van der Waals surface area contributed by atoms with E-state index in [0.29, 0.717) is 18.1 Å². The van der Waals surface area contributed by atoms with Gasteiger partial charge in [0.2, 0.25) is 7.59 Å². The second kappa shape index (κ2) is 8.34. The molecule has 1 N–H and O–H groups in total. The summed E-state index contributed by atoms with van der Waals surface area (Å²) in [6.45, 7) is 0.473. The van der Waals surface area contributed by atoms with Crippen LogP contribution < -0.4 is 5.32 Å². The zero-order valence-corrected chi connectivity index (χ0v) is 17.3. The number of halogens is 8. The maximum atomic E-state index is 14.4. The predicted molar refractivity (Wildman–Crippen MR) is 103 cm³/mol. The van der Waals surface area contributed by atoms with Gasteiger partial charge >= 0.3 is 0 Å². The first-order chi connectivity index (χ1) is 11.5. The van der Waals surface area contributed by atoms with Gasteiger partial charge in [-0.15, -0.1) is 11.6 Å². The van der Waals surface area contributed by atoms with Gasteiger partial charge in [-0.3, -0.25) is 0 Å². The molecule has 0 aliphatic rings. The van der Waals surface area contributed by atoms with Crippen LogP contribution in [-0.4, -0.2) is 27.4 Å². The van der Waals surface area contributed by atoms with Crippen molar-refractivity contribution in [2.75, 3.05) is 17.7 Å². The van der Waals surface area contributed by atoms with E-state index in [9.17, 15) is 4.39 Å². The van der Waals surface area contributed by atoms with Crippen molar-refractivity contribution in [3.05, 3.63) is 35.7 Å². The summed E-state index contributed by atoms with van der Waals surface area (Å²) in [6.07, 6.45) is 0. The Morgan fingerprint density at radius 2 is 1.48 bits per heavy atom. The van der Waals surface area contributed by atoms with Crippen LogP contribution in [0.2, 0.25) is 0 Å². The lowest BCUT2D eigenvalue weighted by Crippen LogP contribution is -2.17. The number of alkyl halides is 7. The highest BCUT2D eigenvalue weighted by Gasteiger charge is 2.34. The van der Waals surface area contributed by atoms with Gasteiger partial charge in [0.15, 0.2) is 17.5 Å². The van der Waals surface area contributed by atoms with Gasteiger partial charge in [0.05, 0.1) is 5.56 Å². The van der Waals surface area contributed by atoms with Crippen molar-refractivity contribution >= 4 is 86.9 Å². The summed E-state index contributed by atoms with van der Waals surface area (Å²) >= 11 is 40.3. The summed E-state index contributed by atoms with van der Waals surface area (Å²) in [5.74, 6) is -0.994. The molecular weight excluding hydrogens is 479 g/mol. The van der Waals surface area contributed by atoms with Crippen LogP contribution >= 0.6 is 81.2 Å². The Bertz CT molecular complexity index is 729. The molecule has 2 aromatic rings. The van der Waals surface area contributed by atoms with Crippen molar-refractivity contribution < 1.29 is 4.39 Å². The molecule has 1 aromatic carbocycles. The molecule has 2 rings (SSSR count). The molecule has 0 amide bonds. The maximum absolute atomic E-state index is 14.4. The van der Waals surface area contributed by atoms with Crippen LogP contribution in [0.1, 0.15) is 11.6 Å². The summed E-state index contributed by atoms with van der Waals surface area (Å²) in [5.41, 5.74) is 0.545. The summed E-state index contributed by atoms with van der Waals surface area (Å²) in [4.78, 5) is 11.8. The van der Waals surface area contributed by atoms with Crippen molar-refractivity contribution in [3.63, 3.8) is 0 Å². The number of aromatic nitrogens is 3. The van der Waals surface area contributed by atoms with Crippen molar-refractivity contribution in [2.45, 2.75) is 7.59 Å². The molecule has 1 heterocycles. The van der Waals surface area contributed by atoms with Crippen LogP contribution in [0, 0.1) is 5.82 Å². The molecule has 0 bridgehead atoms. The molecule has 0 fully saturated rings. The molecule has 0 atom stereocenters. The molecule has 0 spiro atoms. The fraction of sp³-hybridized carbons (Fsp3) is 0.308. The second-order valence-electron chi connectivity index (χ2n) is 4.61. The zero-order chi connectivity index (χ0) is 18.8. The Labute approximate surface area is 177 Å². The summed E-state index contributed by atoms with van der Waals surface area (Å²) in [5, 5.41) is 2.93. The molecule has 0 aliphatic heterocycles. The number of anilines is 1. The molecule has 0 saturated carbocycles. The normalized spacial score (nSPS) is 12.3. The van der Waals surface area contributed by atoms with E-state index < -0.39 is 13.4 Å². The summed E-state index contributed by atoms with van der Waals surface area (Å²) in [6, 6.07) is 4.29. The van der Waals surface area contributed by atoms with Crippen LogP contribution in [0.15, 0.2) is 18.2 Å². The van der Waals surface area contributed by atoms with Gasteiger partial charge in [-0.25, -0.2) is 19.3 Å². The maximum Gasteiger partial charge on any atom is 0.250 e. The van der Waals surface area contributed by atoms with E-state index in [4.69, 9.17) is 81.2 Å². The topological polar surface area (TPSA) is 50.7 Å². The van der Waals surface area contributed by atoms with Crippen LogP contribution in [0.25, 0.3) is 11.4 Å². The molecule has 0 unspecified atom stereocenters. The fourth-order valence-electron chi connectivity index (χ4n) is 1.75. The van der Waals surface area contributed by atoms with Crippen molar-refractivity contribution in [3.8, 4) is 11.4 Å². The minimum Gasteiger partial charge on any atom is -0.384 e. The van der Waals surface area contributed by atoms with Crippen LogP contribution in [-0.2, 0) is 7.59 Å². The van der Waals surface area contributed by atoms with E-state index in [-0.39, 0.29) is 23.0 Å². The molecule has 25 heavy (non-hydrogen) atoms. The largest absolute Gasteiger partial charge is 0.384 e. The first kappa shape index (κ1) is 21.3. The van der Waals surface area contributed by atoms with Gasteiger partial charge in [-0.2, -0.15) is 0 Å². The molecule has 0 saturated heterocycles. The summed E-state index contributed by atoms with van der Waals surface area (Å²) in [7, 11) is 0. The number of hydrogen-bond acceptors (Lipinski definition) is 4. The lowest BCUT2D eigenvalue weighted by atomic mass is 10.1. The van der Waals surface area contributed by atoms with E-state index in [1.54, 1.807) is 6.07 Å². The average molecular weight is 487 g/mol. The highest BCUT2D eigenvalue weighted by atomic mass is 35.6. The van der Waals surface area contributed by atoms with Gasteiger partial charge < -0.3 is 5.32 Å². The first-order valence-electron chi connectivity index (χ1n) is 6.52. The quantitative estimate of drug-likeness (QED) is 0.539. The fourth-order valence-corrected chi connectivity index (χ4v) is 2.35. The van der Waals surface area contributed by atoms with Gasteiger partial charge in [0, 0.05) is 18.1 Å². The third-order valence-electron chi connectivity index (χ3n) is 2.78. The lowest BCUT2D eigenvalue weighted by Gasteiger charge is -2.16.